The van der Waals surface area contributed by atoms with Crippen LogP contribution in [-0.2, 0) is 6.42 Å². The molecule has 2 aliphatic rings. The van der Waals surface area contributed by atoms with Gasteiger partial charge in [0.05, 0.1) is 6.04 Å². The second-order valence-corrected chi connectivity index (χ2v) is 7.76. The van der Waals surface area contributed by atoms with E-state index in [0.717, 1.165) is 62.9 Å². The molecule has 0 spiro atoms. The summed E-state index contributed by atoms with van der Waals surface area (Å²) in [6.45, 7) is 0.106. The van der Waals surface area contributed by atoms with Crippen molar-refractivity contribution in [2.75, 3.05) is 33.7 Å². The molecule has 1 aliphatic carbocycles. The lowest BCUT2D eigenvalue weighted by Crippen LogP contribution is -2.44. The van der Waals surface area contributed by atoms with Crippen LogP contribution in [0.3, 0.4) is 0 Å². The van der Waals surface area contributed by atoms with Crippen LogP contribution >= 0.6 is 0 Å². The van der Waals surface area contributed by atoms with E-state index in [9.17, 15) is 13.6 Å². The number of benzene rings is 1. The molecule has 0 radical (unpaired) electrons. The van der Waals surface area contributed by atoms with Gasteiger partial charge in [0, 0.05) is 13.6 Å². The van der Waals surface area contributed by atoms with Gasteiger partial charge in [0.25, 0.3) is 0 Å². The van der Waals surface area contributed by atoms with Crippen LogP contribution in [0.15, 0.2) is 18.2 Å². The minimum absolute atomic E-state index is 0.0697. The zero-order valence-electron chi connectivity index (χ0n) is 16.1. The molecule has 2 amide bonds. The summed E-state index contributed by atoms with van der Waals surface area (Å²) in [6, 6.07) is 4.87. The van der Waals surface area contributed by atoms with Crippen LogP contribution in [0.2, 0.25) is 0 Å². The fraction of sp³-hybridized carbons (Fsp3) is 0.650. The molecule has 1 aromatic rings. The van der Waals surface area contributed by atoms with Crippen LogP contribution in [0.4, 0.5) is 13.6 Å². The van der Waals surface area contributed by atoms with E-state index in [1.807, 2.05) is 7.05 Å². The smallest absolute Gasteiger partial charge is 0.387 e. The van der Waals surface area contributed by atoms with E-state index in [-0.39, 0.29) is 17.8 Å². The van der Waals surface area contributed by atoms with Crippen LogP contribution < -0.4 is 10.1 Å². The van der Waals surface area contributed by atoms with Crippen molar-refractivity contribution >= 4 is 6.03 Å². The molecule has 1 aliphatic heterocycles. The summed E-state index contributed by atoms with van der Waals surface area (Å²) in [5, 5.41) is 3.12. The van der Waals surface area contributed by atoms with Gasteiger partial charge in [-0.3, -0.25) is 0 Å². The van der Waals surface area contributed by atoms with Gasteiger partial charge >= 0.3 is 12.6 Å². The number of halogens is 2. The average Bonchev–Trinajstić information content (AvgIpc) is 2.63. The molecule has 150 valence electrons. The van der Waals surface area contributed by atoms with Crippen molar-refractivity contribution in [2.45, 2.75) is 44.8 Å². The van der Waals surface area contributed by atoms with E-state index in [4.69, 9.17) is 0 Å². The normalized spacial score (nSPS) is 21.0. The molecule has 1 saturated heterocycles. The van der Waals surface area contributed by atoms with Gasteiger partial charge in [0.15, 0.2) is 0 Å². The molecule has 0 bridgehead atoms. The third-order valence-electron chi connectivity index (χ3n) is 5.67. The Balaban J connectivity index is 1.58. The summed E-state index contributed by atoms with van der Waals surface area (Å²) in [5.41, 5.74) is 1.98. The highest BCUT2D eigenvalue weighted by Gasteiger charge is 2.25. The number of amides is 2. The fourth-order valence-corrected chi connectivity index (χ4v) is 4.09. The van der Waals surface area contributed by atoms with E-state index in [1.54, 1.807) is 23.1 Å². The summed E-state index contributed by atoms with van der Waals surface area (Å²) in [6.07, 6.45) is 4.82. The van der Waals surface area contributed by atoms with Crippen molar-refractivity contribution in [3.63, 3.8) is 0 Å². The Bertz CT molecular complexity index is 648. The Labute approximate surface area is 159 Å². The second kappa shape index (κ2) is 8.87. The fourth-order valence-electron chi connectivity index (χ4n) is 4.09. The number of nitrogens with one attached hydrogen (secondary N) is 1. The van der Waals surface area contributed by atoms with Gasteiger partial charge in [0.2, 0.25) is 0 Å². The van der Waals surface area contributed by atoms with E-state index in [1.165, 1.54) is 0 Å². The summed E-state index contributed by atoms with van der Waals surface area (Å²) < 4.78 is 29.3. The first-order valence-electron chi connectivity index (χ1n) is 9.70. The van der Waals surface area contributed by atoms with Crippen LogP contribution in [-0.4, -0.2) is 56.2 Å². The minimum atomic E-state index is -2.82. The monoisotopic (exact) mass is 381 g/mol. The predicted molar refractivity (Wildman–Crippen MR) is 100 cm³/mol. The number of urea groups is 1. The van der Waals surface area contributed by atoms with Gasteiger partial charge in [-0.1, -0.05) is 6.07 Å². The van der Waals surface area contributed by atoms with Gasteiger partial charge in [-0.2, -0.15) is 8.78 Å². The van der Waals surface area contributed by atoms with Crippen molar-refractivity contribution in [1.82, 2.24) is 15.1 Å². The number of alkyl halides is 2. The number of hydrogen-bond donors (Lipinski definition) is 1. The maximum Gasteiger partial charge on any atom is 0.387 e. The summed E-state index contributed by atoms with van der Waals surface area (Å²) in [4.78, 5) is 16.7. The lowest BCUT2D eigenvalue weighted by Gasteiger charge is -2.33. The highest BCUT2D eigenvalue weighted by Crippen LogP contribution is 2.32. The molecule has 0 aromatic heterocycles. The highest BCUT2D eigenvalue weighted by molar-refractivity contribution is 5.74. The third-order valence-corrected chi connectivity index (χ3v) is 5.67. The number of piperidine rings is 1. The number of aryl methyl sites for hydroxylation is 1. The van der Waals surface area contributed by atoms with Crippen LogP contribution in [0.25, 0.3) is 0 Å². The number of fused-ring (bicyclic) bond motifs is 1. The van der Waals surface area contributed by atoms with Crippen molar-refractivity contribution in [1.29, 1.82) is 0 Å². The molecule has 1 aromatic carbocycles. The Kier molecular flexibility index (Phi) is 6.52. The SMILES string of the molecule is CN1CCC(CN(C)C(=O)NC2CCCc3cc(OC(F)F)ccc32)CC1. The van der Waals surface area contributed by atoms with Crippen molar-refractivity contribution in [3.8, 4) is 5.75 Å². The molecule has 27 heavy (non-hydrogen) atoms. The molecule has 1 heterocycles. The first-order valence-corrected chi connectivity index (χ1v) is 9.70. The van der Waals surface area contributed by atoms with Gasteiger partial charge in [-0.25, -0.2) is 4.79 Å². The number of carbonyl (C=O) groups is 1. The quantitative estimate of drug-likeness (QED) is 0.847. The van der Waals surface area contributed by atoms with Crippen molar-refractivity contribution < 1.29 is 18.3 Å². The number of rotatable bonds is 5. The van der Waals surface area contributed by atoms with E-state index in [0.29, 0.717) is 5.92 Å². The van der Waals surface area contributed by atoms with E-state index in [2.05, 4.69) is 22.0 Å². The maximum atomic E-state index is 12.7. The Morgan fingerprint density at radius 1 is 1.33 bits per heavy atom. The summed E-state index contributed by atoms with van der Waals surface area (Å²) in [5.74, 6) is 0.722. The number of hydrogen-bond acceptors (Lipinski definition) is 3. The zero-order valence-corrected chi connectivity index (χ0v) is 16.1. The number of carbonyl (C=O) groups excluding carboxylic acids is 1. The number of likely N-dealkylation sites (tertiary alicyclic amines) is 1. The predicted octanol–water partition coefficient (Wildman–Crippen LogP) is 3.65. The molecular formula is C20H29F2N3O2. The van der Waals surface area contributed by atoms with Crippen molar-refractivity contribution in [2.24, 2.45) is 5.92 Å². The summed E-state index contributed by atoms with van der Waals surface area (Å²) in [7, 11) is 3.97. The third kappa shape index (κ3) is 5.31. The minimum Gasteiger partial charge on any atom is -0.435 e. The molecule has 1 atom stereocenters. The maximum absolute atomic E-state index is 12.7. The first kappa shape index (κ1) is 19.9. The van der Waals surface area contributed by atoms with Gasteiger partial charge < -0.3 is 19.9 Å². The lowest BCUT2D eigenvalue weighted by atomic mass is 9.87. The second-order valence-electron chi connectivity index (χ2n) is 7.76. The molecule has 1 fully saturated rings. The van der Waals surface area contributed by atoms with E-state index >= 15 is 0 Å². The molecular weight excluding hydrogens is 352 g/mol. The average molecular weight is 381 g/mol. The molecule has 0 saturated carbocycles. The Morgan fingerprint density at radius 3 is 2.78 bits per heavy atom. The van der Waals surface area contributed by atoms with Crippen LogP contribution in [0.5, 0.6) is 5.75 Å². The number of nitrogens with zero attached hydrogens (tertiary/aromatic N) is 2. The van der Waals surface area contributed by atoms with Gasteiger partial charge in [0.1, 0.15) is 5.75 Å². The molecule has 3 rings (SSSR count). The standard InChI is InChI=1S/C20H29F2N3O2/c1-24-10-8-14(9-11-24)13-25(2)20(26)23-18-5-3-4-15-12-16(27-19(21)22)6-7-17(15)18/h6-7,12,14,18-19H,3-5,8-11,13H2,1-2H3,(H,23,26). The van der Waals surface area contributed by atoms with Crippen molar-refractivity contribution in [3.05, 3.63) is 29.3 Å². The Morgan fingerprint density at radius 2 is 2.07 bits per heavy atom. The topological polar surface area (TPSA) is 44.8 Å². The van der Waals surface area contributed by atoms with Crippen LogP contribution in [0, 0.1) is 5.92 Å². The zero-order chi connectivity index (χ0) is 19.4. The first-order chi connectivity index (χ1) is 12.9. The molecule has 7 heteroatoms. The van der Waals surface area contributed by atoms with Gasteiger partial charge in [-0.15, -0.1) is 0 Å². The molecule has 1 unspecified atom stereocenters. The van der Waals surface area contributed by atoms with E-state index < -0.39 is 6.61 Å². The molecule has 5 nitrogen and oxygen atoms in total. The lowest BCUT2D eigenvalue weighted by molar-refractivity contribution is -0.0499. The largest absolute Gasteiger partial charge is 0.435 e. The Hall–Kier alpha value is -1.89. The molecule has 1 N–H and O–H groups in total. The summed E-state index contributed by atoms with van der Waals surface area (Å²) >= 11 is 0. The highest BCUT2D eigenvalue weighted by atomic mass is 19.3. The van der Waals surface area contributed by atoms with Crippen LogP contribution in [0.1, 0.15) is 42.9 Å². The van der Waals surface area contributed by atoms with Gasteiger partial charge in [-0.05, 0) is 81.4 Å². The number of ether oxygens (including phenoxy) is 1.